The van der Waals surface area contributed by atoms with E-state index in [-0.39, 0.29) is 35.1 Å². The molecule has 4 unspecified atom stereocenters. The number of rotatable bonds is 1. The summed E-state index contributed by atoms with van der Waals surface area (Å²) in [6, 6.07) is 0. The van der Waals surface area contributed by atoms with Crippen molar-refractivity contribution in [2.45, 2.75) is 82.3 Å². The molecule has 168 valence electrons. The summed E-state index contributed by atoms with van der Waals surface area (Å²) < 4.78 is 33.7. The Morgan fingerprint density at radius 1 is 1.19 bits per heavy atom. The van der Waals surface area contributed by atoms with Crippen molar-refractivity contribution in [3.05, 3.63) is 11.6 Å². The van der Waals surface area contributed by atoms with Gasteiger partial charge in [0.25, 0.3) is 0 Å². The van der Waals surface area contributed by atoms with Crippen LogP contribution in [0, 0.1) is 28.6 Å². The monoisotopic (exact) mass is 432 g/mol. The van der Waals surface area contributed by atoms with Gasteiger partial charge < -0.3 is 14.2 Å². The molecule has 0 aromatic heterocycles. The van der Waals surface area contributed by atoms with Crippen LogP contribution in [-0.4, -0.2) is 48.3 Å². The third kappa shape index (κ3) is 2.06. The highest BCUT2D eigenvalue weighted by atomic mass is 19.1. The third-order valence-corrected chi connectivity index (χ3v) is 10.2. The molecule has 3 saturated carbocycles. The van der Waals surface area contributed by atoms with Crippen LogP contribution in [0.2, 0.25) is 0 Å². The largest absolute Gasteiger partial charge is 0.469 e. The fraction of sp³-hybridized carbons (Fsp3) is 0.792. The van der Waals surface area contributed by atoms with Crippen LogP contribution in [0.4, 0.5) is 4.39 Å². The number of ether oxygens (including phenoxy) is 3. The molecule has 2 aliphatic heterocycles. The Balaban J connectivity index is 1.52. The smallest absolute Gasteiger partial charge is 0.312 e. The number of alkyl halides is 1. The fourth-order valence-corrected chi connectivity index (χ4v) is 8.69. The Morgan fingerprint density at radius 2 is 1.97 bits per heavy atom. The van der Waals surface area contributed by atoms with Crippen LogP contribution in [0.25, 0.3) is 0 Å². The predicted molar refractivity (Wildman–Crippen MR) is 105 cm³/mol. The summed E-state index contributed by atoms with van der Waals surface area (Å²) in [6.07, 6.45) is 3.91. The van der Waals surface area contributed by atoms with Gasteiger partial charge in [0, 0.05) is 29.6 Å². The van der Waals surface area contributed by atoms with Gasteiger partial charge in [0.15, 0.2) is 5.78 Å². The minimum Gasteiger partial charge on any atom is -0.469 e. The number of fused-ring (bicyclic) bond motifs is 4. The molecule has 4 aliphatic carbocycles. The maximum Gasteiger partial charge on any atom is 0.312 e. The summed E-state index contributed by atoms with van der Waals surface area (Å²) >= 11 is 0. The number of methoxy groups -OCH3 is 1. The molecule has 31 heavy (non-hydrogen) atoms. The lowest BCUT2D eigenvalue weighted by molar-refractivity contribution is -0.176. The van der Waals surface area contributed by atoms with Gasteiger partial charge in [-0.05, 0) is 49.7 Å². The molecule has 2 saturated heterocycles. The normalized spacial score (nSPS) is 54.3. The zero-order chi connectivity index (χ0) is 22.0. The molecule has 6 nitrogen and oxygen atoms in total. The molecule has 2 heterocycles. The van der Waals surface area contributed by atoms with Crippen molar-refractivity contribution in [2.75, 3.05) is 7.11 Å². The molecular formula is C24H29FO6. The summed E-state index contributed by atoms with van der Waals surface area (Å²) in [7, 11) is 1.29. The Bertz CT molecular complexity index is 944. The zero-order valence-electron chi connectivity index (χ0n) is 18.2. The number of carbonyl (C=O) groups is 3. The van der Waals surface area contributed by atoms with Crippen LogP contribution in [0.15, 0.2) is 11.6 Å². The first kappa shape index (κ1) is 19.9. The SMILES string of the molecule is COC(=O)[C@H]1C2C3CCC4(CCC(=O)O4)[C@@]3(C)CC3O[C@]32[C@@]2(C)CCC(=O)C=C2[C@H]1F. The van der Waals surface area contributed by atoms with E-state index in [4.69, 9.17) is 14.2 Å². The van der Waals surface area contributed by atoms with Gasteiger partial charge in [-0.2, -0.15) is 0 Å². The lowest BCUT2D eigenvalue weighted by Crippen LogP contribution is -2.66. The Kier molecular flexibility index (Phi) is 3.70. The number of epoxide rings is 1. The molecule has 9 atom stereocenters. The molecule has 0 amide bonds. The number of hydrogen-bond acceptors (Lipinski definition) is 6. The van der Waals surface area contributed by atoms with E-state index in [0.29, 0.717) is 31.3 Å². The first-order valence-corrected chi connectivity index (χ1v) is 11.5. The fourth-order valence-electron chi connectivity index (χ4n) is 8.69. The molecule has 5 fully saturated rings. The van der Waals surface area contributed by atoms with E-state index in [9.17, 15) is 14.4 Å². The first-order valence-electron chi connectivity index (χ1n) is 11.5. The number of ketones is 1. The van der Waals surface area contributed by atoms with Crippen LogP contribution in [-0.2, 0) is 28.6 Å². The van der Waals surface area contributed by atoms with Gasteiger partial charge >= 0.3 is 11.9 Å². The van der Waals surface area contributed by atoms with Crippen molar-refractivity contribution < 1.29 is 33.0 Å². The Labute approximate surface area is 180 Å². The van der Waals surface area contributed by atoms with Crippen molar-refractivity contribution in [2.24, 2.45) is 28.6 Å². The van der Waals surface area contributed by atoms with Gasteiger partial charge in [0.1, 0.15) is 17.4 Å². The maximum absolute atomic E-state index is 16.1. The standard InChI is InChI=1S/C24H29FO6/c1-21-7-4-12(26)10-14(21)19(25)17(20(28)29-3)18-13-5-8-23(9-6-16(27)31-23)22(13,2)11-15-24(18,21)30-15/h10,13,15,17-19H,4-9,11H2,1-3H3/t13?,15?,17-,18?,19+,21-,22-,23?,24+/m0/s1. The summed E-state index contributed by atoms with van der Waals surface area (Å²) in [5, 5.41) is 0. The summed E-state index contributed by atoms with van der Waals surface area (Å²) in [5.41, 5.74) is -1.81. The molecule has 0 aromatic carbocycles. The number of esters is 2. The predicted octanol–water partition coefficient (Wildman–Crippen LogP) is 3.07. The highest BCUT2D eigenvalue weighted by molar-refractivity contribution is 5.92. The summed E-state index contributed by atoms with van der Waals surface area (Å²) in [4.78, 5) is 37.3. The molecule has 0 radical (unpaired) electrons. The zero-order valence-corrected chi connectivity index (χ0v) is 18.2. The van der Waals surface area contributed by atoms with E-state index in [1.807, 2.05) is 6.92 Å². The highest BCUT2D eigenvalue weighted by Gasteiger charge is 2.84. The van der Waals surface area contributed by atoms with Crippen molar-refractivity contribution in [3.8, 4) is 0 Å². The lowest BCUT2D eigenvalue weighted by atomic mass is 9.43. The summed E-state index contributed by atoms with van der Waals surface area (Å²) in [5.74, 6) is -2.25. The number of halogens is 1. The van der Waals surface area contributed by atoms with E-state index < -0.39 is 34.7 Å². The topological polar surface area (TPSA) is 82.2 Å². The summed E-state index contributed by atoms with van der Waals surface area (Å²) in [6.45, 7) is 4.16. The van der Waals surface area contributed by atoms with E-state index in [0.717, 1.165) is 19.3 Å². The van der Waals surface area contributed by atoms with Crippen molar-refractivity contribution in [3.63, 3.8) is 0 Å². The second kappa shape index (κ2) is 5.77. The van der Waals surface area contributed by atoms with Crippen molar-refractivity contribution in [1.29, 1.82) is 0 Å². The number of carbonyl (C=O) groups excluding carboxylic acids is 3. The van der Waals surface area contributed by atoms with Crippen LogP contribution >= 0.6 is 0 Å². The van der Waals surface area contributed by atoms with Gasteiger partial charge in [-0.3, -0.25) is 14.4 Å². The van der Waals surface area contributed by atoms with E-state index in [1.54, 1.807) is 0 Å². The molecule has 7 heteroatoms. The second-order valence-corrected chi connectivity index (χ2v) is 11.0. The van der Waals surface area contributed by atoms with Gasteiger partial charge in [-0.25, -0.2) is 4.39 Å². The Hall–Kier alpha value is -1.76. The minimum absolute atomic E-state index is 0.0181. The van der Waals surface area contributed by atoms with Crippen LogP contribution in [0.3, 0.4) is 0 Å². The quantitative estimate of drug-likeness (QED) is 0.468. The average molecular weight is 432 g/mol. The van der Waals surface area contributed by atoms with Crippen LogP contribution < -0.4 is 0 Å². The highest BCUT2D eigenvalue weighted by Crippen LogP contribution is 2.78. The van der Waals surface area contributed by atoms with Gasteiger partial charge in [-0.15, -0.1) is 0 Å². The first-order chi connectivity index (χ1) is 14.6. The number of hydrogen-bond donors (Lipinski definition) is 0. The lowest BCUT2D eigenvalue weighted by Gasteiger charge is -2.59. The molecule has 0 N–H and O–H groups in total. The Morgan fingerprint density at radius 3 is 2.65 bits per heavy atom. The van der Waals surface area contributed by atoms with Crippen molar-refractivity contribution >= 4 is 17.7 Å². The van der Waals surface area contributed by atoms with Gasteiger partial charge in [-0.1, -0.05) is 13.8 Å². The van der Waals surface area contributed by atoms with Gasteiger partial charge in [0.05, 0.1) is 19.1 Å². The second-order valence-electron chi connectivity index (χ2n) is 11.0. The molecule has 6 aliphatic rings. The van der Waals surface area contributed by atoms with Crippen LogP contribution in [0.1, 0.15) is 58.8 Å². The van der Waals surface area contributed by atoms with E-state index >= 15 is 4.39 Å². The van der Waals surface area contributed by atoms with Gasteiger partial charge in [0.2, 0.25) is 0 Å². The molecular weight excluding hydrogens is 403 g/mol. The maximum atomic E-state index is 16.1. The van der Waals surface area contributed by atoms with Crippen LogP contribution in [0.5, 0.6) is 0 Å². The molecule has 0 aromatic rings. The molecule has 2 spiro atoms. The average Bonchev–Trinajstić information content (AvgIpc) is 3.23. The molecule has 0 bridgehead atoms. The van der Waals surface area contributed by atoms with E-state index in [1.165, 1.54) is 13.2 Å². The molecule has 6 rings (SSSR count). The minimum atomic E-state index is -1.58. The van der Waals surface area contributed by atoms with E-state index in [2.05, 4.69) is 6.92 Å². The third-order valence-electron chi connectivity index (χ3n) is 10.2. The van der Waals surface area contributed by atoms with Crippen molar-refractivity contribution in [1.82, 2.24) is 0 Å².